The van der Waals surface area contributed by atoms with E-state index in [-0.39, 0.29) is 18.3 Å². The number of hydrogen-bond donors (Lipinski definition) is 0. The third-order valence-electron chi connectivity index (χ3n) is 5.38. The van der Waals surface area contributed by atoms with Gasteiger partial charge in [-0.05, 0) is 31.2 Å². The van der Waals surface area contributed by atoms with Gasteiger partial charge in [-0.25, -0.2) is 0 Å². The first-order chi connectivity index (χ1) is 13.0. The summed E-state index contributed by atoms with van der Waals surface area (Å²) in [6, 6.07) is 15.1. The van der Waals surface area contributed by atoms with Crippen LogP contribution in [0.3, 0.4) is 0 Å². The fourth-order valence-electron chi connectivity index (χ4n) is 3.80. The van der Waals surface area contributed by atoms with Crippen LogP contribution in [0.15, 0.2) is 48.5 Å². The number of piperidine rings is 1. The van der Waals surface area contributed by atoms with Gasteiger partial charge in [0.1, 0.15) is 17.1 Å². The average molecular weight is 365 g/mol. The molecule has 1 amide bonds. The molecule has 0 atom stereocenters. The van der Waals surface area contributed by atoms with Crippen molar-refractivity contribution in [3.8, 4) is 11.5 Å². The Morgan fingerprint density at radius 2 is 1.89 bits per heavy atom. The van der Waals surface area contributed by atoms with Crippen LogP contribution in [0, 0.1) is 6.92 Å². The number of aryl methyl sites for hydroxylation is 1. The van der Waals surface area contributed by atoms with Crippen LogP contribution in [0.2, 0.25) is 0 Å². The zero-order valence-corrected chi connectivity index (χ0v) is 15.4. The molecule has 5 heteroatoms. The van der Waals surface area contributed by atoms with Gasteiger partial charge in [-0.1, -0.05) is 29.8 Å². The molecular weight excluding hydrogens is 342 g/mol. The quantitative estimate of drug-likeness (QED) is 0.837. The zero-order valence-electron chi connectivity index (χ0n) is 15.4. The number of Topliss-reactive ketones (excluding diaryl/α,β-unsaturated/α-hetero) is 1. The number of hydrogen-bond acceptors (Lipinski definition) is 4. The summed E-state index contributed by atoms with van der Waals surface area (Å²) in [7, 11) is 0. The molecule has 27 heavy (non-hydrogen) atoms. The Balaban J connectivity index is 1.36. The second-order valence-corrected chi connectivity index (χ2v) is 7.37. The molecule has 2 aliphatic heterocycles. The highest BCUT2D eigenvalue weighted by Crippen LogP contribution is 2.39. The number of benzene rings is 2. The molecule has 0 aliphatic carbocycles. The summed E-state index contributed by atoms with van der Waals surface area (Å²) in [6.45, 7) is 3.15. The summed E-state index contributed by atoms with van der Waals surface area (Å²) in [5.41, 5.74) is 1.24. The summed E-state index contributed by atoms with van der Waals surface area (Å²) in [6.07, 6.45) is 1.69. The lowest BCUT2D eigenvalue weighted by Crippen LogP contribution is -2.53. The highest BCUT2D eigenvalue weighted by molar-refractivity contribution is 6.00. The predicted molar refractivity (Wildman–Crippen MR) is 101 cm³/mol. The molecule has 4 rings (SSSR count). The van der Waals surface area contributed by atoms with Gasteiger partial charge < -0.3 is 14.4 Å². The monoisotopic (exact) mass is 365 g/mol. The van der Waals surface area contributed by atoms with E-state index >= 15 is 0 Å². The molecule has 2 heterocycles. The Morgan fingerprint density at radius 3 is 2.63 bits per heavy atom. The lowest BCUT2D eigenvalue weighted by molar-refractivity contribution is -0.136. The Labute approximate surface area is 158 Å². The number of ether oxygens (including phenoxy) is 2. The number of fused-ring (bicyclic) bond motifs is 1. The molecule has 2 aromatic carbocycles. The topological polar surface area (TPSA) is 55.8 Å². The Kier molecular flexibility index (Phi) is 4.60. The SMILES string of the molecule is Cc1ccc2c(c1)C(=O)CC1(CCN(C(=O)COc3ccccc3)CC1)O2. The van der Waals surface area contributed by atoms with Crippen molar-refractivity contribution in [3.05, 3.63) is 59.7 Å². The smallest absolute Gasteiger partial charge is 0.260 e. The predicted octanol–water partition coefficient (Wildman–Crippen LogP) is 3.40. The normalized spacial score (nSPS) is 18.0. The standard InChI is InChI=1S/C22H23NO4/c1-16-7-8-20-18(13-16)19(24)14-22(27-20)9-11-23(12-10-22)21(25)15-26-17-5-3-2-4-6-17/h2-8,13H,9-12,14-15H2,1H3. The molecule has 1 spiro atoms. The minimum Gasteiger partial charge on any atom is -0.486 e. The summed E-state index contributed by atoms with van der Waals surface area (Å²) >= 11 is 0. The van der Waals surface area contributed by atoms with E-state index in [1.165, 1.54) is 0 Å². The van der Waals surface area contributed by atoms with Crippen LogP contribution in [0.4, 0.5) is 0 Å². The van der Waals surface area contributed by atoms with Gasteiger partial charge in [-0.3, -0.25) is 9.59 Å². The Bertz CT molecular complexity index is 854. The minimum atomic E-state index is -0.490. The van der Waals surface area contributed by atoms with Crippen LogP contribution < -0.4 is 9.47 Å². The second kappa shape index (κ2) is 7.06. The van der Waals surface area contributed by atoms with E-state index in [0.29, 0.717) is 49.4 Å². The zero-order chi connectivity index (χ0) is 18.9. The fraction of sp³-hybridized carbons (Fsp3) is 0.364. The van der Waals surface area contributed by atoms with Gasteiger partial charge in [0.25, 0.3) is 5.91 Å². The van der Waals surface area contributed by atoms with E-state index in [0.717, 1.165) is 5.56 Å². The van der Waals surface area contributed by atoms with Gasteiger partial charge >= 0.3 is 0 Å². The van der Waals surface area contributed by atoms with E-state index in [1.54, 1.807) is 4.90 Å². The van der Waals surface area contributed by atoms with Gasteiger partial charge in [0.05, 0.1) is 12.0 Å². The van der Waals surface area contributed by atoms with E-state index in [9.17, 15) is 9.59 Å². The summed E-state index contributed by atoms with van der Waals surface area (Å²) in [5, 5.41) is 0. The molecule has 0 saturated carbocycles. The van der Waals surface area contributed by atoms with E-state index in [4.69, 9.17) is 9.47 Å². The number of para-hydroxylation sites is 1. The van der Waals surface area contributed by atoms with E-state index in [1.807, 2.05) is 55.5 Å². The number of nitrogens with zero attached hydrogens (tertiary/aromatic N) is 1. The van der Waals surface area contributed by atoms with Crippen molar-refractivity contribution in [2.75, 3.05) is 19.7 Å². The summed E-state index contributed by atoms with van der Waals surface area (Å²) in [4.78, 5) is 26.8. The number of carbonyl (C=O) groups excluding carboxylic acids is 2. The summed E-state index contributed by atoms with van der Waals surface area (Å²) < 4.78 is 11.8. The maximum absolute atomic E-state index is 12.6. The second-order valence-electron chi connectivity index (χ2n) is 7.37. The lowest BCUT2D eigenvalue weighted by Gasteiger charge is -2.44. The van der Waals surface area contributed by atoms with Crippen LogP contribution in [0.1, 0.15) is 35.2 Å². The van der Waals surface area contributed by atoms with Crippen LogP contribution >= 0.6 is 0 Å². The molecule has 2 aromatic rings. The molecule has 140 valence electrons. The van der Waals surface area contributed by atoms with Gasteiger partial charge in [0.2, 0.25) is 0 Å². The molecule has 1 fully saturated rings. The first-order valence-corrected chi connectivity index (χ1v) is 9.33. The van der Waals surface area contributed by atoms with Gasteiger partial charge in [-0.15, -0.1) is 0 Å². The Hall–Kier alpha value is -2.82. The first kappa shape index (κ1) is 17.6. The average Bonchev–Trinajstić information content (AvgIpc) is 2.68. The van der Waals surface area contributed by atoms with E-state index < -0.39 is 5.60 Å². The van der Waals surface area contributed by atoms with Crippen molar-refractivity contribution in [2.24, 2.45) is 0 Å². The van der Waals surface area contributed by atoms with Crippen molar-refractivity contribution in [2.45, 2.75) is 31.8 Å². The van der Waals surface area contributed by atoms with Crippen LogP contribution in [0.25, 0.3) is 0 Å². The lowest BCUT2D eigenvalue weighted by atomic mass is 9.82. The molecule has 0 radical (unpaired) electrons. The van der Waals surface area contributed by atoms with Crippen molar-refractivity contribution in [1.82, 2.24) is 4.90 Å². The fourth-order valence-corrected chi connectivity index (χ4v) is 3.80. The van der Waals surface area contributed by atoms with Gasteiger partial charge in [0, 0.05) is 25.9 Å². The molecule has 1 saturated heterocycles. The van der Waals surface area contributed by atoms with Crippen LogP contribution in [-0.2, 0) is 4.79 Å². The minimum absolute atomic E-state index is 0.0267. The highest BCUT2D eigenvalue weighted by atomic mass is 16.5. The molecular formula is C22H23NO4. The van der Waals surface area contributed by atoms with Crippen molar-refractivity contribution in [1.29, 1.82) is 0 Å². The van der Waals surface area contributed by atoms with Crippen LogP contribution in [0.5, 0.6) is 11.5 Å². The third-order valence-corrected chi connectivity index (χ3v) is 5.38. The number of rotatable bonds is 3. The molecule has 2 aliphatic rings. The van der Waals surface area contributed by atoms with Crippen molar-refractivity contribution < 1.29 is 19.1 Å². The third kappa shape index (κ3) is 3.68. The maximum Gasteiger partial charge on any atom is 0.260 e. The molecule has 5 nitrogen and oxygen atoms in total. The van der Waals surface area contributed by atoms with Crippen molar-refractivity contribution >= 4 is 11.7 Å². The van der Waals surface area contributed by atoms with Gasteiger partial charge in [-0.2, -0.15) is 0 Å². The Morgan fingerprint density at radius 1 is 1.15 bits per heavy atom. The molecule has 0 unspecified atom stereocenters. The number of likely N-dealkylation sites (tertiary alicyclic amines) is 1. The van der Waals surface area contributed by atoms with E-state index in [2.05, 4.69) is 0 Å². The highest BCUT2D eigenvalue weighted by Gasteiger charge is 2.43. The van der Waals surface area contributed by atoms with Crippen LogP contribution in [-0.4, -0.2) is 41.9 Å². The first-order valence-electron chi connectivity index (χ1n) is 9.33. The molecule has 0 bridgehead atoms. The largest absolute Gasteiger partial charge is 0.486 e. The van der Waals surface area contributed by atoms with Gasteiger partial charge in [0.15, 0.2) is 12.4 Å². The summed E-state index contributed by atoms with van der Waals surface area (Å²) in [5.74, 6) is 1.45. The number of ketones is 1. The maximum atomic E-state index is 12.6. The van der Waals surface area contributed by atoms with Crippen molar-refractivity contribution in [3.63, 3.8) is 0 Å². The molecule has 0 N–H and O–H groups in total. The molecule has 0 aromatic heterocycles. The number of carbonyl (C=O) groups is 2. The number of amides is 1.